The second kappa shape index (κ2) is 6.76. The molecule has 0 saturated carbocycles. The van der Waals surface area contributed by atoms with Crippen LogP contribution >= 0.6 is 0 Å². The summed E-state index contributed by atoms with van der Waals surface area (Å²) in [6.07, 6.45) is 1.83. The third-order valence-corrected chi connectivity index (χ3v) is 3.41. The smallest absolute Gasteiger partial charge is 0.384 e. The minimum Gasteiger partial charge on any atom is -0.456 e. The van der Waals surface area contributed by atoms with Crippen LogP contribution in [-0.4, -0.2) is 17.6 Å². The number of carbonyl (C=O) groups is 1. The fraction of sp³-hybridized carbons (Fsp3) is 0.100. The summed E-state index contributed by atoms with van der Waals surface area (Å²) in [5.74, 6) is 4.98. The van der Waals surface area contributed by atoms with Crippen molar-refractivity contribution in [2.45, 2.75) is 6.92 Å². The minimum atomic E-state index is -0.528. The molecule has 1 heterocycles. The molecule has 112 valence electrons. The summed E-state index contributed by atoms with van der Waals surface area (Å²) in [6, 6.07) is 17.7. The van der Waals surface area contributed by atoms with E-state index in [0.717, 1.165) is 27.6 Å². The van der Waals surface area contributed by atoms with Crippen LogP contribution in [0.3, 0.4) is 0 Å². The Morgan fingerprint density at radius 2 is 1.83 bits per heavy atom. The summed E-state index contributed by atoms with van der Waals surface area (Å²) in [4.78, 5) is 16.1. The summed E-state index contributed by atoms with van der Waals surface area (Å²) >= 11 is 0. The second-order valence-electron chi connectivity index (χ2n) is 4.91. The van der Waals surface area contributed by atoms with Crippen LogP contribution in [-0.2, 0) is 9.53 Å². The maximum atomic E-state index is 11.6. The zero-order valence-electron chi connectivity index (χ0n) is 12.7. The van der Waals surface area contributed by atoms with Crippen LogP contribution in [0.4, 0.5) is 0 Å². The monoisotopic (exact) mass is 301 g/mol. The average Bonchev–Trinajstić information content (AvgIpc) is 2.60. The third kappa shape index (κ3) is 3.22. The van der Waals surface area contributed by atoms with Crippen molar-refractivity contribution < 1.29 is 9.53 Å². The Hall–Kier alpha value is -3.12. The Kier molecular flexibility index (Phi) is 4.35. The molecule has 0 aliphatic heterocycles. The molecule has 0 aliphatic carbocycles. The normalized spacial score (nSPS) is 9.96. The summed E-state index contributed by atoms with van der Waals surface area (Å²) < 4.78 is 4.89. The molecule has 0 amide bonds. The van der Waals surface area contributed by atoms with E-state index in [1.807, 2.05) is 60.8 Å². The lowest BCUT2D eigenvalue weighted by molar-refractivity contribution is -0.136. The molecule has 0 fully saturated rings. The quantitative estimate of drug-likeness (QED) is 0.533. The Morgan fingerprint density at radius 1 is 1.09 bits per heavy atom. The van der Waals surface area contributed by atoms with Crippen LogP contribution in [0.1, 0.15) is 12.5 Å². The Balaban J connectivity index is 2.20. The molecule has 0 N–H and O–H groups in total. The van der Waals surface area contributed by atoms with E-state index in [1.165, 1.54) is 0 Å². The average molecular weight is 301 g/mol. The van der Waals surface area contributed by atoms with Gasteiger partial charge >= 0.3 is 5.97 Å². The third-order valence-electron chi connectivity index (χ3n) is 3.41. The van der Waals surface area contributed by atoms with Crippen LogP contribution in [0, 0.1) is 11.8 Å². The molecular weight excluding hydrogens is 286 g/mol. The zero-order valence-corrected chi connectivity index (χ0v) is 12.7. The van der Waals surface area contributed by atoms with Crippen molar-refractivity contribution in [1.29, 1.82) is 0 Å². The van der Waals surface area contributed by atoms with Gasteiger partial charge in [-0.25, -0.2) is 4.79 Å². The molecule has 3 aromatic rings. The first-order valence-corrected chi connectivity index (χ1v) is 7.41. The van der Waals surface area contributed by atoms with E-state index in [4.69, 9.17) is 4.74 Å². The summed E-state index contributed by atoms with van der Waals surface area (Å²) in [5.41, 5.74) is 2.47. The molecule has 0 radical (unpaired) electrons. The van der Waals surface area contributed by atoms with Crippen LogP contribution in [0.15, 0.2) is 60.8 Å². The van der Waals surface area contributed by atoms with Gasteiger partial charge in [0, 0.05) is 28.5 Å². The first-order chi connectivity index (χ1) is 11.3. The van der Waals surface area contributed by atoms with Gasteiger partial charge in [-0.2, -0.15) is 0 Å². The number of hydrogen-bond acceptors (Lipinski definition) is 3. The Bertz CT molecular complexity index is 905. The number of carbonyl (C=O) groups excluding carboxylic acids is 1. The molecule has 0 unspecified atom stereocenters. The highest BCUT2D eigenvalue weighted by atomic mass is 16.5. The molecule has 0 saturated heterocycles. The van der Waals surface area contributed by atoms with E-state index in [9.17, 15) is 4.79 Å². The standard InChI is InChI=1S/C20H15NO2/c1-2-23-19(22)13-12-18-17-11-7-6-10-16(17)14-21-20(18)15-8-4-3-5-9-15/h3-11,14H,2H2,1H3. The fourth-order valence-electron chi connectivity index (χ4n) is 2.39. The van der Waals surface area contributed by atoms with E-state index in [2.05, 4.69) is 16.8 Å². The predicted molar refractivity (Wildman–Crippen MR) is 90.7 cm³/mol. The Labute approximate surface area is 134 Å². The lowest BCUT2D eigenvalue weighted by Gasteiger charge is -2.07. The molecule has 0 bridgehead atoms. The number of aromatic nitrogens is 1. The minimum absolute atomic E-state index is 0.312. The van der Waals surface area contributed by atoms with E-state index < -0.39 is 5.97 Å². The fourth-order valence-corrected chi connectivity index (χ4v) is 2.39. The van der Waals surface area contributed by atoms with Gasteiger partial charge in [0.25, 0.3) is 0 Å². The van der Waals surface area contributed by atoms with Crippen molar-refractivity contribution in [1.82, 2.24) is 4.98 Å². The van der Waals surface area contributed by atoms with E-state index in [0.29, 0.717) is 6.61 Å². The molecule has 1 aromatic heterocycles. The highest BCUT2D eigenvalue weighted by Gasteiger charge is 2.09. The van der Waals surface area contributed by atoms with Crippen LogP contribution in [0.5, 0.6) is 0 Å². The lowest BCUT2D eigenvalue weighted by Crippen LogP contribution is -2.00. The van der Waals surface area contributed by atoms with E-state index in [-0.39, 0.29) is 0 Å². The molecular formula is C20H15NO2. The van der Waals surface area contributed by atoms with Gasteiger partial charge in [-0.15, -0.1) is 0 Å². The second-order valence-corrected chi connectivity index (χ2v) is 4.91. The van der Waals surface area contributed by atoms with Crippen molar-refractivity contribution >= 4 is 16.7 Å². The molecule has 0 atom stereocenters. The van der Waals surface area contributed by atoms with Crippen LogP contribution < -0.4 is 0 Å². The lowest BCUT2D eigenvalue weighted by atomic mass is 10.0. The van der Waals surface area contributed by atoms with Gasteiger partial charge in [-0.05, 0) is 6.92 Å². The van der Waals surface area contributed by atoms with Gasteiger partial charge in [0.05, 0.1) is 17.9 Å². The highest BCUT2D eigenvalue weighted by molar-refractivity contribution is 5.95. The van der Waals surface area contributed by atoms with Gasteiger partial charge < -0.3 is 4.74 Å². The van der Waals surface area contributed by atoms with Crippen molar-refractivity contribution in [3.63, 3.8) is 0 Å². The zero-order chi connectivity index (χ0) is 16.1. The van der Waals surface area contributed by atoms with Gasteiger partial charge in [-0.3, -0.25) is 4.98 Å². The molecule has 3 nitrogen and oxygen atoms in total. The molecule has 0 aliphatic rings. The van der Waals surface area contributed by atoms with Crippen molar-refractivity contribution in [2.24, 2.45) is 0 Å². The number of hydrogen-bond donors (Lipinski definition) is 0. The van der Waals surface area contributed by atoms with Crippen LogP contribution in [0.2, 0.25) is 0 Å². The number of esters is 1. The van der Waals surface area contributed by atoms with E-state index >= 15 is 0 Å². The molecule has 0 spiro atoms. The van der Waals surface area contributed by atoms with Gasteiger partial charge in [-0.1, -0.05) is 60.5 Å². The number of benzene rings is 2. The predicted octanol–water partition coefficient (Wildman–Crippen LogP) is 3.82. The molecule has 2 aromatic carbocycles. The number of pyridine rings is 1. The maximum Gasteiger partial charge on any atom is 0.384 e. The van der Waals surface area contributed by atoms with Gasteiger partial charge in [0.15, 0.2) is 0 Å². The Morgan fingerprint density at radius 3 is 2.61 bits per heavy atom. The SMILES string of the molecule is CCOC(=O)C#Cc1c(-c2ccccc2)ncc2ccccc12. The van der Waals surface area contributed by atoms with Crippen molar-refractivity contribution in [2.75, 3.05) is 6.61 Å². The summed E-state index contributed by atoms with van der Waals surface area (Å²) in [6.45, 7) is 2.07. The van der Waals surface area contributed by atoms with Crippen LogP contribution in [0.25, 0.3) is 22.0 Å². The summed E-state index contributed by atoms with van der Waals surface area (Å²) in [5, 5.41) is 1.96. The van der Waals surface area contributed by atoms with Crippen molar-refractivity contribution in [3.8, 4) is 23.1 Å². The topological polar surface area (TPSA) is 39.2 Å². The van der Waals surface area contributed by atoms with Crippen molar-refractivity contribution in [3.05, 3.63) is 66.4 Å². The number of rotatable bonds is 2. The first-order valence-electron chi connectivity index (χ1n) is 7.41. The molecule has 23 heavy (non-hydrogen) atoms. The maximum absolute atomic E-state index is 11.6. The van der Waals surface area contributed by atoms with Gasteiger partial charge in [0.2, 0.25) is 0 Å². The highest BCUT2D eigenvalue weighted by Crippen LogP contribution is 2.27. The number of ether oxygens (including phenoxy) is 1. The van der Waals surface area contributed by atoms with E-state index in [1.54, 1.807) is 6.92 Å². The molecule has 3 rings (SSSR count). The van der Waals surface area contributed by atoms with Gasteiger partial charge in [0.1, 0.15) is 0 Å². The first kappa shape index (κ1) is 14.8. The summed E-state index contributed by atoms with van der Waals surface area (Å²) in [7, 11) is 0. The number of fused-ring (bicyclic) bond motifs is 1. The number of nitrogens with zero attached hydrogens (tertiary/aromatic N) is 1. The molecule has 3 heteroatoms. The largest absolute Gasteiger partial charge is 0.456 e.